The Labute approximate surface area is 125 Å². The lowest BCUT2D eigenvalue weighted by Gasteiger charge is -2.22. The van der Waals surface area contributed by atoms with Crippen molar-refractivity contribution in [1.29, 1.82) is 0 Å². The van der Waals surface area contributed by atoms with Gasteiger partial charge in [0, 0.05) is 33.8 Å². The highest BCUT2D eigenvalue weighted by atomic mass is 15.3. The highest BCUT2D eigenvalue weighted by Crippen LogP contribution is 2.16. The molecule has 2 aromatic rings. The molecule has 0 aliphatic heterocycles. The molecule has 6 heteroatoms. The van der Waals surface area contributed by atoms with Gasteiger partial charge in [0.1, 0.15) is 5.82 Å². The molecule has 0 aliphatic carbocycles. The summed E-state index contributed by atoms with van der Waals surface area (Å²) in [6, 6.07) is 8.16. The summed E-state index contributed by atoms with van der Waals surface area (Å²) in [6.45, 7) is 2.52. The van der Waals surface area contributed by atoms with Gasteiger partial charge in [0.05, 0.1) is 6.54 Å². The highest BCUT2D eigenvalue weighted by Gasteiger charge is 2.06. The highest BCUT2D eigenvalue weighted by molar-refractivity contribution is 5.79. The molecule has 21 heavy (non-hydrogen) atoms. The number of H-pyrrole nitrogens is 1. The number of nitrogens with zero attached hydrogens (tertiary/aromatic N) is 5. The van der Waals surface area contributed by atoms with Gasteiger partial charge in [-0.15, -0.1) is 0 Å². The molecule has 0 radical (unpaired) electrons. The molecule has 0 saturated carbocycles. The Hall–Kier alpha value is -2.37. The molecule has 0 spiro atoms. The van der Waals surface area contributed by atoms with Crippen molar-refractivity contribution >= 4 is 5.96 Å². The fourth-order valence-electron chi connectivity index (χ4n) is 2.13. The summed E-state index contributed by atoms with van der Waals surface area (Å²) in [5, 5.41) is 7.06. The molecule has 1 N–H and O–H groups in total. The Morgan fingerprint density at radius 3 is 2.48 bits per heavy atom. The lowest BCUT2D eigenvalue weighted by molar-refractivity contribution is 0.479. The van der Waals surface area contributed by atoms with E-state index in [4.69, 9.17) is 0 Å². The van der Waals surface area contributed by atoms with Gasteiger partial charge in [0.15, 0.2) is 11.8 Å². The second kappa shape index (κ2) is 6.39. The largest absolute Gasteiger partial charge is 0.349 e. The standard InChI is InChI=1S/C15H22N6/c1-11-17-14(19-18-11)13-8-6-7-12(9-13)10-16-15(20(2)3)21(4)5/h6-9H,10H2,1-5H3,(H,17,18,19). The van der Waals surface area contributed by atoms with Crippen molar-refractivity contribution in [3.63, 3.8) is 0 Å². The number of aromatic nitrogens is 3. The zero-order valence-corrected chi connectivity index (χ0v) is 13.3. The van der Waals surface area contributed by atoms with Crippen LogP contribution in [0, 0.1) is 6.92 Å². The van der Waals surface area contributed by atoms with E-state index < -0.39 is 0 Å². The Morgan fingerprint density at radius 1 is 1.19 bits per heavy atom. The number of aryl methyl sites for hydroxylation is 1. The Bertz CT molecular complexity index is 617. The summed E-state index contributed by atoms with van der Waals surface area (Å²) in [5.41, 5.74) is 2.14. The van der Waals surface area contributed by atoms with E-state index in [1.54, 1.807) is 0 Å². The SMILES string of the molecule is Cc1nc(-c2cccc(CN=C(N(C)C)N(C)C)c2)n[nH]1. The van der Waals surface area contributed by atoms with Crippen LogP contribution in [0.25, 0.3) is 11.4 Å². The van der Waals surface area contributed by atoms with Crippen molar-refractivity contribution < 1.29 is 0 Å². The van der Waals surface area contributed by atoms with E-state index in [9.17, 15) is 0 Å². The quantitative estimate of drug-likeness (QED) is 0.690. The van der Waals surface area contributed by atoms with Crippen LogP contribution in [0.5, 0.6) is 0 Å². The van der Waals surface area contributed by atoms with E-state index in [1.165, 1.54) is 0 Å². The molecule has 0 saturated heterocycles. The molecule has 0 unspecified atom stereocenters. The summed E-state index contributed by atoms with van der Waals surface area (Å²) < 4.78 is 0. The number of nitrogens with one attached hydrogen (secondary N) is 1. The number of hydrogen-bond acceptors (Lipinski definition) is 3. The fourth-order valence-corrected chi connectivity index (χ4v) is 2.13. The molecule has 0 bridgehead atoms. The van der Waals surface area contributed by atoms with Crippen LogP contribution < -0.4 is 0 Å². The van der Waals surface area contributed by atoms with Crippen LogP contribution in [0.4, 0.5) is 0 Å². The van der Waals surface area contributed by atoms with Gasteiger partial charge in [-0.3, -0.25) is 5.10 Å². The third kappa shape index (κ3) is 3.81. The first kappa shape index (κ1) is 15.0. The van der Waals surface area contributed by atoms with Crippen LogP contribution >= 0.6 is 0 Å². The van der Waals surface area contributed by atoms with Crippen molar-refractivity contribution in [2.24, 2.45) is 4.99 Å². The summed E-state index contributed by atoms with van der Waals surface area (Å²) in [4.78, 5) is 13.0. The Morgan fingerprint density at radius 2 is 1.90 bits per heavy atom. The van der Waals surface area contributed by atoms with Gasteiger partial charge >= 0.3 is 0 Å². The van der Waals surface area contributed by atoms with E-state index in [0.717, 1.165) is 28.7 Å². The maximum Gasteiger partial charge on any atom is 0.195 e. The first-order valence-electron chi connectivity index (χ1n) is 6.85. The number of aliphatic imine (C=N–C) groups is 1. The lowest BCUT2D eigenvalue weighted by atomic mass is 10.1. The smallest absolute Gasteiger partial charge is 0.195 e. The summed E-state index contributed by atoms with van der Waals surface area (Å²) >= 11 is 0. The average Bonchev–Trinajstić information content (AvgIpc) is 2.85. The predicted molar refractivity (Wildman–Crippen MR) is 85.1 cm³/mol. The number of hydrogen-bond donors (Lipinski definition) is 1. The van der Waals surface area contributed by atoms with E-state index in [-0.39, 0.29) is 0 Å². The minimum Gasteiger partial charge on any atom is -0.349 e. The molecule has 1 heterocycles. The lowest BCUT2D eigenvalue weighted by Crippen LogP contribution is -2.35. The van der Waals surface area contributed by atoms with Gasteiger partial charge in [0.2, 0.25) is 0 Å². The fraction of sp³-hybridized carbons (Fsp3) is 0.400. The third-order valence-corrected chi connectivity index (χ3v) is 2.99. The average molecular weight is 286 g/mol. The van der Waals surface area contributed by atoms with Crippen LogP contribution in [-0.4, -0.2) is 59.1 Å². The number of benzene rings is 1. The first-order valence-corrected chi connectivity index (χ1v) is 6.85. The summed E-state index contributed by atoms with van der Waals surface area (Å²) in [5.74, 6) is 2.48. The van der Waals surface area contributed by atoms with E-state index in [2.05, 4.69) is 32.3 Å². The van der Waals surface area contributed by atoms with E-state index in [1.807, 2.05) is 57.0 Å². The monoisotopic (exact) mass is 286 g/mol. The van der Waals surface area contributed by atoms with Gasteiger partial charge in [-0.1, -0.05) is 18.2 Å². The van der Waals surface area contributed by atoms with Crippen molar-refractivity contribution in [1.82, 2.24) is 25.0 Å². The molecule has 1 aromatic carbocycles. The molecule has 112 valence electrons. The minimum atomic E-state index is 0.628. The van der Waals surface area contributed by atoms with Crippen LogP contribution in [0.3, 0.4) is 0 Å². The maximum atomic E-state index is 4.65. The Kier molecular flexibility index (Phi) is 4.57. The minimum absolute atomic E-state index is 0.628. The van der Waals surface area contributed by atoms with Crippen LogP contribution in [0.1, 0.15) is 11.4 Å². The van der Waals surface area contributed by atoms with Crippen molar-refractivity contribution in [2.75, 3.05) is 28.2 Å². The second-order valence-electron chi connectivity index (χ2n) is 5.35. The van der Waals surface area contributed by atoms with Crippen molar-refractivity contribution in [3.05, 3.63) is 35.7 Å². The Balaban J connectivity index is 2.20. The summed E-state index contributed by atoms with van der Waals surface area (Å²) in [6.07, 6.45) is 0. The molecule has 2 rings (SSSR count). The number of rotatable bonds is 3. The van der Waals surface area contributed by atoms with Gasteiger partial charge < -0.3 is 9.80 Å². The molecule has 0 aliphatic rings. The van der Waals surface area contributed by atoms with Crippen molar-refractivity contribution in [3.8, 4) is 11.4 Å². The maximum absolute atomic E-state index is 4.65. The zero-order chi connectivity index (χ0) is 15.4. The molecule has 6 nitrogen and oxygen atoms in total. The normalized spacial score (nSPS) is 10.3. The number of guanidine groups is 1. The molecular formula is C15H22N6. The van der Waals surface area contributed by atoms with Gasteiger partial charge in [-0.2, -0.15) is 5.10 Å². The van der Waals surface area contributed by atoms with Gasteiger partial charge in [-0.25, -0.2) is 9.98 Å². The molecular weight excluding hydrogens is 264 g/mol. The van der Waals surface area contributed by atoms with Crippen LogP contribution in [0.2, 0.25) is 0 Å². The van der Waals surface area contributed by atoms with Crippen molar-refractivity contribution in [2.45, 2.75) is 13.5 Å². The second-order valence-corrected chi connectivity index (χ2v) is 5.35. The van der Waals surface area contributed by atoms with Gasteiger partial charge in [-0.05, 0) is 18.6 Å². The molecule has 0 amide bonds. The topological polar surface area (TPSA) is 60.4 Å². The zero-order valence-electron chi connectivity index (χ0n) is 13.3. The summed E-state index contributed by atoms with van der Waals surface area (Å²) in [7, 11) is 7.97. The molecule has 0 fully saturated rings. The van der Waals surface area contributed by atoms with E-state index >= 15 is 0 Å². The molecule has 0 atom stereocenters. The molecule has 1 aromatic heterocycles. The van der Waals surface area contributed by atoms with Crippen LogP contribution in [-0.2, 0) is 6.54 Å². The predicted octanol–water partition coefficient (Wildman–Crippen LogP) is 1.76. The number of aromatic amines is 1. The van der Waals surface area contributed by atoms with E-state index in [0.29, 0.717) is 6.54 Å². The first-order chi connectivity index (χ1) is 9.97. The van der Waals surface area contributed by atoms with Gasteiger partial charge in [0.25, 0.3) is 0 Å². The van der Waals surface area contributed by atoms with Crippen LogP contribution in [0.15, 0.2) is 29.3 Å². The third-order valence-electron chi connectivity index (χ3n) is 2.99.